The molecule has 102 valence electrons. The number of thioether (sulfide) groups is 1. The molecule has 2 rings (SSSR count). The van der Waals surface area contributed by atoms with Gasteiger partial charge < -0.3 is 16.0 Å². The van der Waals surface area contributed by atoms with Crippen molar-refractivity contribution in [2.24, 2.45) is 0 Å². The Labute approximate surface area is 115 Å². The Hall–Kier alpha value is -1.73. The topological polar surface area (TPSA) is 82.3 Å². The summed E-state index contributed by atoms with van der Waals surface area (Å²) >= 11 is 1.71. The van der Waals surface area contributed by atoms with Gasteiger partial charge in [0.15, 0.2) is 0 Å². The second-order valence-electron chi connectivity index (χ2n) is 4.04. The average molecular weight is 280 g/mol. The van der Waals surface area contributed by atoms with Crippen LogP contribution < -0.4 is 21.3 Å². The summed E-state index contributed by atoms with van der Waals surface area (Å²) in [6, 6.07) is 6.58. The summed E-state index contributed by atoms with van der Waals surface area (Å²) in [5.74, 6) is 1.58. The van der Waals surface area contributed by atoms with Gasteiger partial charge in [0.25, 0.3) is 0 Å². The van der Waals surface area contributed by atoms with Gasteiger partial charge in [-0.25, -0.2) is 4.79 Å². The quantitative estimate of drug-likeness (QED) is 0.667. The normalized spacial score (nSPS) is 17.8. The molecule has 3 amide bonds. The summed E-state index contributed by atoms with van der Waals surface area (Å²) in [7, 11) is 1.55. The molecule has 1 aromatic rings. The maximum absolute atomic E-state index is 11.9. The smallest absolute Gasteiger partial charge is 0.318 e. The molecule has 1 heterocycles. The van der Waals surface area contributed by atoms with Crippen LogP contribution in [0.4, 0.5) is 16.2 Å². The Kier molecular flexibility index (Phi) is 4.64. The van der Waals surface area contributed by atoms with E-state index in [0.717, 1.165) is 11.6 Å². The van der Waals surface area contributed by atoms with Crippen LogP contribution in [0, 0.1) is 0 Å². The van der Waals surface area contributed by atoms with E-state index in [1.807, 2.05) is 0 Å². The van der Waals surface area contributed by atoms with Crippen LogP contribution in [0.25, 0.3) is 0 Å². The van der Waals surface area contributed by atoms with Crippen molar-refractivity contribution in [3.05, 3.63) is 24.3 Å². The number of hydrogen-bond donors (Lipinski definition) is 4. The molecule has 0 aromatic heterocycles. The third-order valence-electron chi connectivity index (χ3n) is 2.67. The van der Waals surface area contributed by atoms with Crippen LogP contribution in [-0.4, -0.2) is 36.7 Å². The Balaban J connectivity index is 1.91. The molecule has 6 nitrogen and oxygen atoms in total. The van der Waals surface area contributed by atoms with Gasteiger partial charge in [-0.15, -0.1) is 11.8 Å². The number of anilines is 2. The van der Waals surface area contributed by atoms with Gasteiger partial charge in [-0.2, -0.15) is 0 Å². The Morgan fingerprint density at radius 1 is 1.21 bits per heavy atom. The first-order valence-electron chi connectivity index (χ1n) is 5.90. The van der Waals surface area contributed by atoms with Crippen LogP contribution in [0.15, 0.2) is 24.3 Å². The summed E-state index contributed by atoms with van der Waals surface area (Å²) in [4.78, 5) is 23.0. The van der Waals surface area contributed by atoms with Crippen LogP contribution >= 0.6 is 11.8 Å². The van der Waals surface area contributed by atoms with E-state index in [4.69, 9.17) is 0 Å². The minimum atomic E-state index is -0.274. The minimum Gasteiger partial charge on any atom is -0.341 e. The Morgan fingerprint density at radius 3 is 2.37 bits per heavy atom. The van der Waals surface area contributed by atoms with Gasteiger partial charge in [-0.05, 0) is 24.3 Å². The van der Waals surface area contributed by atoms with E-state index in [0.29, 0.717) is 11.4 Å². The van der Waals surface area contributed by atoms with Crippen molar-refractivity contribution in [2.75, 3.05) is 29.3 Å². The van der Waals surface area contributed by atoms with Crippen molar-refractivity contribution in [1.82, 2.24) is 10.6 Å². The lowest BCUT2D eigenvalue weighted by molar-refractivity contribution is -0.117. The predicted octanol–water partition coefficient (Wildman–Crippen LogP) is 1.04. The van der Waals surface area contributed by atoms with Crippen LogP contribution in [-0.2, 0) is 4.79 Å². The monoisotopic (exact) mass is 280 g/mol. The maximum Gasteiger partial charge on any atom is 0.318 e. The number of rotatable bonds is 3. The minimum absolute atomic E-state index is 0.0305. The van der Waals surface area contributed by atoms with Gasteiger partial charge in [0, 0.05) is 30.1 Å². The summed E-state index contributed by atoms with van der Waals surface area (Å²) in [6.45, 7) is 0. The second kappa shape index (κ2) is 6.44. The first-order chi connectivity index (χ1) is 9.19. The molecule has 19 heavy (non-hydrogen) atoms. The van der Waals surface area contributed by atoms with Crippen LogP contribution in [0.2, 0.25) is 0 Å². The number of urea groups is 1. The molecule has 1 aliphatic heterocycles. The summed E-state index contributed by atoms with van der Waals surface area (Å²) < 4.78 is 0. The molecule has 0 spiro atoms. The number of carbonyl (C=O) groups is 2. The zero-order valence-corrected chi connectivity index (χ0v) is 11.3. The average Bonchev–Trinajstić information content (AvgIpc) is 2.95. The van der Waals surface area contributed by atoms with E-state index >= 15 is 0 Å². The lowest BCUT2D eigenvalue weighted by Gasteiger charge is -2.11. The van der Waals surface area contributed by atoms with E-state index in [-0.39, 0.29) is 18.0 Å². The third-order valence-corrected chi connectivity index (χ3v) is 3.61. The zero-order chi connectivity index (χ0) is 13.7. The van der Waals surface area contributed by atoms with E-state index < -0.39 is 0 Å². The lowest BCUT2D eigenvalue weighted by Crippen LogP contribution is -2.37. The molecule has 1 aromatic carbocycles. The fraction of sp³-hybridized carbons (Fsp3) is 0.333. The molecule has 1 atom stereocenters. The van der Waals surface area contributed by atoms with E-state index in [1.165, 1.54) is 0 Å². The predicted molar refractivity (Wildman–Crippen MR) is 77.4 cm³/mol. The molecule has 1 aliphatic rings. The second-order valence-corrected chi connectivity index (χ2v) is 5.07. The lowest BCUT2D eigenvalue weighted by atomic mass is 10.2. The number of nitrogens with one attached hydrogen (secondary N) is 4. The molecule has 0 bridgehead atoms. The van der Waals surface area contributed by atoms with Crippen LogP contribution in [0.1, 0.15) is 0 Å². The van der Waals surface area contributed by atoms with Crippen molar-refractivity contribution >= 4 is 35.1 Å². The molecular formula is C12H16N4O2S. The molecule has 0 radical (unpaired) electrons. The highest BCUT2D eigenvalue weighted by Crippen LogP contribution is 2.15. The molecule has 1 saturated heterocycles. The molecular weight excluding hydrogens is 264 g/mol. The van der Waals surface area contributed by atoms with E-state index in [1.54, 1.807) is 43.1 Å². The number of amides is 3. The van der Waals surface area contributed by atoms with Gasteiger partial charge >= 0.3 is 6.03 Å². The number of hydrogen-bond acceptors (Lipinski definition) is 4. The van der Waals surface area contributed by atoms with Crippen molar-refractivity contribution in [2.45, 2.75) is 6.04 Å². The van der Waals surface area contributed by atoms with Gasteiger partial charge in [-0.3, -0.25) is 10.1 Å². The van der Waals surface area contributed by atoms with Gasteiger partial charge in [0.1, 0.15) is 0 Å². The largest absolute Gasteiger partial charge is 0.341 e. The maximum atomic E-state index is 11.9. The molecule has 0 aliphatic carbocycles. The summed E-state index contributed by atoms with van der Waals surface area (Å²) in [5.41, 5.74) is 1.39. The Bertz CT molecular complexity index is 457. The fourth-order valence-electron chi connectivity index (χ4n) is 1.62. The first-order valence-corrected chi connectivity index (χ1v) is 7.05. The van der Waals surface area contributed by atoms with E-state index in [9.17, 15) is 9.59 Å². The fourth-order valence-corrected chi connectivity index (χ4v) is 2.57. The van der Waals surface area contributed by atoms with E-state index in [2.05, 4.69) is 21.3 Å². The molecule has 1 fully saturated rings. The first kappa shape index (κ1) is 13.7. The molecule has 4 N–H and O–H groups in total. The highest BCUT2D eigenvalue weighted by Gasteiger charge is 2.22. The third kappa shape index (κ3) is 3.87. The zero-order valence-electron chi connectivity index (χ0n) is 10.5. The molecule has 1 unspecified atom stereocenters. The van der Waals surface area contributed by atoms with Crippen molar-refractivity contribution in [3.63, 3.8) is 0 Å². The van der Waals surface area contributed by atoms with Gasteiger partial charge in [0.2, 0.25) is 5.91 Å². The Morgan fingerprint density at radius 2 is 1.84 bits per heavy atom. The molecule has 7 heteroatoms. The number of benzene rings is 1. The van der Waals surface area contributed by atoms with Crippen LogP contribution in [0.5, 0.6) is 0 Å². The van der Waals surface area contributed by atoms with Crippen molar-refractivity contribution < 1.29 is 9.59 Å². The number of carbonyl (C=O) groups excluding carboxylic acids is 2. The highest BCUT2D eigenvalue weighted by molar-refractivity contribution is 7.99. The van der Waals surface area contributed by atoms with Gasteiger partial charge in [-0.1, -0.05) is 0 Å². The summed E-state index contributed by atoms with van der Waals surface area (Å²) in [5, 5.41) is 11.1. The highest BCUT2D eigenvalue weighted by atomic mass is 32.2. The van der Waals surface area contributed by atoms with Gasteiger partial charge in [0.05, 0.1) is 6.04 Å². The SMILES string of the molecule is CNC(=O)Nc1ccc(NC(=O)C2CSCN2)cc1. The van der Waals surface area contributed by atoms with Crippen LogP contribution in [0.3, 0.4) is 0 Å². The summed E-state index contributed by atoms with van der Waals surface area (Å²) in [6.07, 6.45) is 0. The van der Waals surface area contributed by atoms with Crippen molar-refractivity contribution in [1.29, 1.82) is 0 Å². The standard InChI is InChI=1S/C12H16N4O2S/c1-13-12(18)16-9-4-2-8(3-5-9)15-11(17)10-6-19-7-14-10/h2-5,10,14H,6-7H2,1H3,(H,15,17)(H2,13,16,18). The van der Waals surface area contributed by atoms with Crippen molar-refractivity contribution in [3.8, 4) is 0 Å². The molecule has 0 saturated carbocycles.